The topological polar surface area (TPSA) is 62.6 Å². The van der Waals surface area contributed by atoms with Crippen LogP contribution in [0.1, 0.15) is 49.9 Å². The first-order valence-electron chi connectivity index (χ1n) is 11.4. The number of amides is 3. The molecule has 1 saturated heterocycles. The third-order valence-electron chi connectivity index (χ3n) is 6.45. The van der Waals surface area contributed by atoms with Gasteiger partial charge < -0.3 is 9.47 Å². The largest absolute Gasteiger partial charge is 0.332 e. The van der Waals surface area contributed by atoms with E-state index in [-0.39, 0.29) is 23.6 Å². The van der Waals surface area contributed by atoms with Gasteiger partial charge in [0.2, 0.25) is 5.91 Å². The van der Waals surface area contributed by atoms with E-state index in [4.69, 9.17) is 0 Å². The van der Waals surface area contributed by atoms with Crippen molar-refractivity contribution >= 4 is 17.6 Å². The number of hydrogen-bond donors (Lipinski definition) is 0. The molecule has 36 heavy (non-hydrogen) atoms. The Labute approximate surface area is 207 Å². The summed E-state index contributed by atoms with van der Waals surface area (Å²) in [5, 5.41) is 0. The molecule has 2 aromatic carbocycles. The number of rotatable bonds is 3. The molecule has 1 aromatic heterocycles. The highest BCUT2D eigenvalue weighted by Gasteiger charge is 2.48. The van der Waals surface area contributed by atoms with Gasteiger partial charge in [0.05, 0.1) is 12.0 Å². The van der Waals surface area contributed by atoms with E-state index in [1.807, 2.05) is 19.9 Å². The van der Waals surface area contributed by atoms with Crippen LogP contribution in [0.15, 0.2) is 65.6 Å². The van der Waals surface area contributed by atoms with Crippen LogP contribution in [0.25, 0.3) is 0 Å². The lowest BCUT2D eigenvalue weighted by atomic mass is 9.85. The third-order valence-corrected chi connectivity index (χ3v) is 6.45. The van der Waals surface area contributed by atoms with E-state index in [2.05, 4.69) is 11.8 Å². The number of nitrogens with zero attached hydrogens (tertiary/aromatic N) is 3. The molecule has 0 saturated carbocycles. The van der Waals surface area contributed by atoms with Crippen molar-refractivity contribution in [3.05, 3.63) is 99.5 Å². The fourth-order valence-corrected chi connectivity index (χ4v) is 4.22. The first-order chi connectivity index (χ1) is 17.0. The summed E-state index contributed by atoms with van der Waals surface area (Å²) in [6.45, 7) is 5.37. The second-order valence-corrected chi connectivity index (χ2v) is 9.18. The predicted molar refractivity (Wildman–Crippen MR) is 132 cm³/mol. The molecule has 8 heteroatoms. The van der Waals surface area contributed by atoms with Crippen LogP contribution in [0.3, 0.4) is 0 Å². The molecule has 3 amide bonds. The monoisotopic (exact) mass is 489 g/mol. The van der Waals surface area contributed by atoms with Gasteiger partial charge in [-0.3, -0.25) is 9.59 Å². The Hall–Kier alpha value is -4.25. The lowest BCUT2D eigenvalue weighted by Gasteiger charge is -2.45. The normalized spacial score (nSPS) is 17.9. The minimum absolute atomic E-state index is 0.0728. The zero-order chi connectivity index (χ0) is 26.2. The SMILES string of the molecule is CC(C)n1cc(C2(C)CC(=O)N(c3c(F)cc(C#Cc4ccccc4)cc3F)C(=O)N2C)ccc1=O. The van der Waals surface area contributed by atoms with Crippen molar-refractivity contribution in [3.8, 4) is 11.8 Å². The summed E-state index contributed by atoms with van der Waals surface area (Å²) in [6.07, 6.45) is 1.38. The lowest BCUT2D eigenvalue weighted by Crippen LogP contribution is -2.60. The van der Waals surface area contributed by atoms with Gasteiger partial charge in [0.15, 0.2) is 11.6 Å². The average molecular weight is 490 g/mol. The summed E-state index contributed by atoms with van der Waals surface area (Å²) < 4.78 is 31.7. The Balaban J connectivity index is 1.69. The van der Waals surface area contributed by atoms with Crippen LogP contribution in [0.4, 0.5) is 19.3 Å². The number of benzene rings is 2. The summed E-state index contributed by atoms with van der Waals surface area (Å²) in [7, 11) is 1.46. The summed E-state index contributed by atoms with van der Waals surface area (Å²) in [5.74, 6) is 2.62. The summed E-state index contributed by atoms with van der Waals surface area (Å²) >= 11 is 0. The number of anilines is 1. The van der Waals surface area contributed by atoms with Crippen LogP contribution in [-0.2, 0) is 10.3 Å². The van der Waals surface area contributed by atoms with Crippen molar-refractivity contribution in [2.75, 3.05) is 11.9 Å². The molecule has 1 atom stereocenters. The molecule has 1 fully saturated rings. The number of halogens is 2. The Morgan fingerprint density at radius 1 is 0.917 bits per heavy atom. The van der Waals surface area contributed by atoms with E-state index in [0.29, 0.717) is 16.0 Å². The van der Waals surface area contributed by atoms with Gasteiger partial charge in [-0.05, 0) is 56.7 Å². The van der Waals surface area contributed by atoms with Crippen molar-refractivity contribution in [1.29, 1.82) is 0 Å². The van der Waals surface area contributed by atoms with Gasteiger partial charge in [0.25, 0.3) is 5.56 Å². The zero-order valence-corrected chi connectivity index (χ0v) is 20.4. The highest BCUT2D eigenvalue weighted by molar-refractivity contribution is 6.16. The van der Waals surface area contributed by atoms with E-state index < -0.39 is 34.8 Å². The summed E-state index contributed by atoms with van der Waals surface area (Å²) in [6, 6.07) is 12.9. The van der Waals surface area contributed by atoms with Crippen LogP contribution in [0.5, 0.6) is 0 Å². The highest BCUT2D eigenvalue weighted by atomic mass is 19.1. The van der Waals surface area contributed by atoms with Gasteiger partial charge in [0.1, 0.15) is 5.69 Å². The van der Waals surface area contributed by atoms with E-state index in [0.717, 1.165) is 12.1 Å². The van der Waals surface area contributed by atoms with Gasteiger partial charge >= 0.3 is 6.03 Å². The van der Waals surface area contributed by atoms with Crippen LogP contribution >= 0.6 is 0 Å². The minimum atomic E-state index is -1.12. The van der Waals surface area contributed by atoms with Crippen molar-refractivity contribution in [1.82, 2.24) is 9.47 Å². The molecule has 2 heterocycles. The van der Waals surface area contributed by atoms with Crippen LogP contribution in [-0.4, -0.2) is 28.5 Å². The van der Waals surface area contributed by atoms with Gasteiger partial charge in [0, 0.05) is 36.5 Å². The van der Waals surface area contributed by atoms with Crippen LogP contribution < -0.4 is 10.5 Å². The van der Waals surface area contributed by atoms with Crippen LogP contribution in [0.2, 0.25) is 0 Å². The highest BCUT2D eigenvalue weighted by Crippen LogP contribution is 2.39. The predicted octanol–water partition coefficient (Wildman–Crippen LogP) is 4.81. The van der Waals surface area contributed by atoms with E-state index >= 15 is 8.78 Å². The molecule has 0 N–H and O–H groups in total. The Kier molecular flexibility index (Phi) is 6.51. The zero-order valence-electron chi connectivity index (χ0n) is 20.4. The molecule has 3 aromatic rings. The molecular formula is C28H25F2N3O3. The van der Waals surface area contributed by atoms with Gasteiger partial charge in [-0.15, -0.1) is 0 Å². The molecule has 1 aliphatic heterocycles. The maximum atomic E-state index is 15.1. The number of pyridine rings is 1. The average Bonchev–Trinajstić information content (AvgIpc) is 2.83. The van der Waals surface area contributed by atoms with E-state index in [1.165, 1.54) is 22.6 Å². The Bertz CT molecular complexity index is 1450. The second-order valence-electron chi connectivity index (χ2n) is 9.18. The van der Waals surface area contributed by atoms with Crippen molar-refractivity contribution < 1.29 is 18.4 Å². The number of imide groups is 1. The first-order valence-corrected chi connectivity index (χ1v) is 11.4. The molecule has 184 valence electrons. The molecule has 6 nitrogen and oxygen atoms in total. The minimum Gasteiger partial charge on any atom is -0.317 e. The molecule has 0 aliphatic carbocycles. The lowest BCUT2D eigenvalue weighted by molar-refractivity contribution is -0.122. The second kappa shape index (κ2) is 9.42. The van der Waals surface area contributed by atoms with Crippen molar-refractivity contribution in [2.45, 2.75) is 38.8 Å². The number of carbonyl (C=O) groups is 2. The van der Waals surface area contributed by atoms with Crippen molar-refractivity contribution in [2.24, 2.45) is 0 Å². The summed E-state index contributed by atoms with van der Waals surface area (Å²) in [4.78, 5) is 40.5. The molecule has 1 aliphatic rings. The maximum absolute atomic E-state index is 15.1. The van der Waals surface area contributed by atoms with Crippen molar-refractivity contribution in [3.63, 3.8) is 0 Å². The summed E-state index contributed by atoms with van der Waals surface area (Å²) in [5.41, 5.74) is -0.765. The number of carbonyl (C=O) groups excluding carboxylic acids is 2. The van der Waals surface area contributed by atoms with Gasteiger partial charge in [-0.2, -0.15) is 0 Å². The number of urea groups is 1. The van der Waals surface area contributed by atoms with Gasteiger partial charge in [-0.25, -0.2) is 18.5 Å². The number of aromatic nitrogens is 1. The standard InChI is InChI=1S/C28H25F2N3O3/c1-18(2)32-17-21(12-13-24(32)34)28(3)16-25(35)33(27(36)31(28)4)26-22(29)14-20(15-23(26)30)11-10-19-8-6-5-7-9-19/h5-9,12-15,17-18H,16H2,1-4H3. The van der Waals surface area contributed by atoms with E-state index in [1.54, 1.807) is 43.5 Å². The maximum Gasteiger partial charge on any atom is 0.332 e. The number of hydrogen-bond acceptors (Lipinski definition) is 3. The molecule has 0 spiro atoms. The molecule has 1 unspecified atom stereocenters. The molecule has 4 rings (SSSR count). The van der Waals surface area contributed by atoms with E-state index in [9.17, 15) is 14.4 Å². The quantitative estimate of drug-likeness (QED) is 0.496. The molecule has 0 radical (unpaired) electrons. The Morgan fingerprint density at radius 2 is 1.53 bits per heavy atom. The smallest absolute Gasteiger partial charge is 0.317 e. The fourth-order valence-electron chi connectivity index (χ4n) is 4.22. The third kappa shape index (κ3) is 4.40. The fraction of sp³-hybridized carbons (Fsp3) is 0.250. The molecular weight excluding hydrogens is 464 g/mol. The first kappa shape index (κ1) is 24.9. The van der Waals surface area contributed by atoms with Crippen LogP contribution in [0, 0.1) is 23.5 Å². The Morgan fingerprint density at radius 3 is 2.14 bits per heavy atom. The van der Waals surface area contributed by atoms with Gasteiger partial charge in [-0.1, -0.05) is 30.0 Å². The molecule has 0 bridgehead atoms.